The number of nitrogens with one attached hydrogen (secondary N) is 1. The molecule has 82 valence electrons. The zero-order valence-corrected chi connectivity index (χ0v) is 10.0. The summed E-state index contributed by atoms with van der Waals surface area (Å²) in [6.45, 7) is 0. The molecule has 2 aromatic rings. The van der Waals surface area contributed by atoms with Crippen LogP contribution < -0.4 is 5.32 Å². The molecule has 1 aromatic heterocycles. The highest BCUT2D eigenvalue weighted by molar-refractivity contribution is 6.42. The fourth-order valence-electron chi connectivity index (χ4n) is 1.28. The molecule has 1 aromatic carbocycles. The monoisotopic (exact) mass is 253 g/mol. The first-order valence-electron chi connectivity index (χ1n) is 4.66. The van der Waals surface area contributed by atoms with Crippen LogP contribution in [0.5, 0.6) is 0 Å². The van der Waals surface area contributed by atoms with Gasteiger partial charge >= 0.3 is 0 Å². The Morgan fingerprint density at radius 3 is 2.25 bits per heavy atom. The van der Waals surface area contributed by atoms with Crippen LogP contribution in [0.2, 0.25) is 10.0 Å². The van der Waals surface area contributed by atoms with Crippen LogP contribution in [0.25, 0.3) is 11.1 Å². The van der Waals surface area contributed by atoms with Gasteiger partial charge in [0.1, 0.15) is 0 Å². The van der Waals surface area contributed by atoms with Gasteiger partial charge in [-0.25, -0.2) is 9.97 Å². The van der Waals surface area contributed by atoms with E-state index in [4.69, 9.17) is 23.2 Å². The molecule has 0 radical (unpaired) electrons. The second kappa shape index (κ2) is 4.68. The zero-order chi connectivity index (χ0) is 11.5. The maximum atomic E-state index is 5.94. The Balaban J connectivity index is 2.38. The number of nitrogens with zero attached hydrogens (tertiary/aromatic N) is 2. The van der Waals surface area contributed by atoms with Crippen molar-refractivity contribution in [1.82, 2.24) is 9.97 Å². The third-order valence-electron chi connectivity index (χ3n) is 2.13. The van der Waals surface area contributed by atoms with Gasteiger partial charge in [-0.15, -0.1) is 0 Å². The van der Waals surface area contributed by atoms with Crippen molar-refractivity contribution in [3.63, 3.8) is 0 Å². The predicted octanol–water partition coefficient (Wildman–Crippen LogP) is 3.49. The Hall–Kier alpha value is -1.32. The van der Waals surface area contributed by atoms with Crippen molar-refractivity contribution in [3.8, 4) is 11.1 Å². The highest BCUT2D eigenvalue weighted by atomic mass is 35.5. The Morgan fingerprint density at radius 1 is 1.00 bits per heavy atom. The minimum atomic E-state index is 0.525. The molecule has 0 saturated heterocycles. The first-order valence-corrected chi connectivity index (χ1v) is 5.41. The second-order valence-corrected chi connectivity index (χ2v) is 3.99. The number of hydrogen-bond donors (Lipinski definition) is 1. The fourth-order valence-corrected chi connectivity index (χ4v) is 1.58. The Morgan fingerprint density at radius 2 is 1.69 bits per heavy atom. The summed E-state index contributed by atoms with van der Waals surface area (Å²) in [5.41, 5.74) is 1.84. The first-order chi connectivity index (χ1) is 7.70. The van der Waals surface area contributed by atoms with E-state index in [1.165, 1.54) is 0 Å². The molecule has 2 rings (SSSR count). The SMILES string of the molecule is CNc1ncc(-c2ccc(Cl)c(Cl)c2)cn1. The average molecular weight is 254 g/mol. The topological polar surface area (TPSA) is 37.8 Å². The molecule has 0 saturated carbocycles. The molecule has 0 amide bonds. The maximum Gasteiger partial charge on any atom is 0.222 e. The van der Waals surface area contributed by atoms with Gasteiger partial charge in [-0.05, 0) is 17.7 Å². The average Bonchev–Trinajstić information content (AvgIpc) is 2.33. The van der Waals surface area contributed by atoms with Crippen molar-refractivity contribution in [2.45, 2.75) is 0 Å². The molecule has 0 atom stereocenters. The van der Waals surface area contributed by atoms with Crippen LogP contribution in [0.15, 0.2) is 30.6 Å². The van der Waals surface area contributed by atoms with E-state index < -0.39 is 0 Å². The molecule has 0 fully saturated rings. The molecular weight excluding hydrogens is 245 g/mol. The summed E-state index contributed by atoms with van der Waals surface area (Å²) in [6.07, 6.45) is 3.47. The lowest BCUT2D eigenvalue weighted by molar-refractivity contribution is 1.15. The van der Waals surface area contributed by atoms with Gasteiger partial charge in [0, 0.05) is 25.0 Å². The van der Waals surface area contributed by atoms with E-state index in [0.29, 0.717) is 16.0 Å². The third-order valence-corrected chi connectivity index (χ3v) is 2.87. The first kappa shape index (κ1) is 11.2. The van der Waals surface area contributed by atoms with Crippen molar-refractivity contribution in [2.24, 2.45) is 0 Å². The lowest BCUT2D eigenvalue weighted by Crippen LogP contribution is -1.95. The molecule has 0 unspecified atom stereocenters. The number of halogens is 2. The largest absolute Gasteiger partial charge is 0.357 e. The van der Waals surface area contributed by atoms with Gasteiger partial charge in [-0.1, -0.05) is 29.3 Å². The number of benzene rings is 1. The van der Waals surface area contributed by atoms with E-state index in [-0.39, 0.29) is 0 Å². The normalized spacial score (nSPS) is 10.2. The Kier molecular flexibility index (Phi) is 3.27. The van der Waals surface area contributed by atoms with Gasteiger partial charge in [-0.2, -0.15) is 0 Å². The molecule has 5 heteroatoms. The number of anilines is 1. The van der Waals surface area contributed by atoms with Crippen molar-refractivity contribution in [3.05, 3.63) is 40.6 Å². The molecule has 1 heterocycles. The number of hydrogen-bond acceptors (Lipinski definition) is 3. The van der Waals surface area contributed by atoms with Gasteiger partial charge < -0.3 is 5.32 Å². The summed E-state index contributed by atoms with van der Waals surface area (Å²) >= 11 is 11.8. The minimum absolute atomic E-state index is 0.525. The highest BCUT2D eigenvalue weighted by Gasteiger charge is 2.03. The van der Waals surface area contributed by atoms with Crippen LogP contribution in [-0.2, 0) is 0 Å². The minimum Gasteiger partial charge on any atom is -0.357 e. The predicted molar refractivity (Wildman–Crippen MR) is 67.0 cm³/mol. The van der Waals surface area contributed by atoms with Gasteiger partial charge in [-0.3, -0.25) is 0 Å². The summed E-state index contributed by atoms with van der Waals surface area (Å²) in [4.78, 5) is 8.25. The molecular formula is C11H9Cl2N3. The zero-order valence-electron chi connectivity index (χ0n) is 8.54. The van der Waals surface area contributed by atoms with Crippen LogP contribution in [-0.4, -0.2) is 17.0 Å². The van der Waals surface area contributed by atoms with Gasteiger partial charge in [0.15, 0.2) is 0 Å². The van der Waals surface area contributed by atoms with Gasteiger partial charge in [0.2, 0.25) is 5.95 Å². The van der Waals surface area contributed by atoms with Crippen LogP contribution in [0.1, 0.15) is 0 Å². The Labute approximate surface area is 103 Å². The number of rotatable bonds is 2. The standard InChI is InChI=1S/C11H9Cl2N3/c1-14-11-15-5-8(6-16-11)7-2-3-9(12)10(13)4-7/h2-6H,1H3,(H,14,15,16). The van der Waals surface area contributed by atoms with E-state index in [0.717, 1.165) is 11.1 Å². The fraction of sp³-hybridized carbons (Fsp3) is 0.0909. The van der Waals surface area contributed by atoms with Crippen LogP contribution >= 0.6 is 23.2 Å². The molecule has 3 nitrogen and oxygen atoms in total. The van der Waals surface area contributed by atoms with Crippen LogP contribution in [0.4, 0.5) is 5.95 Å². The molecule has 0 bridgehead atoms. The molecule has 0 spiro atoms. The lowest BCUT2D eigenvalue weighted by Gasteiger charge is -2.03. The molecule has 1 N–H and O–H groups in total. The summed E-state index contributed by atoms with van der Waals surface area (Å²) in [5, 5.41) is 3.92. The van der Waals surface area contributed by atoms with Gasteiger partial charge in [0.25, 0.3) is 0 Å². The van der Waals surface area contributed by atoms with E-state index >= 15 is 0 Å². The van der Waals surface area contributed by atoms with E-state index in [1.807, 2.05) is 6.07 Å². The number of aromatic nitrogens is 2. The summed E-state index contributed by atoms with van der Waals surface area (Å²) in [5.74, 6) is 0.587. The third kappa shape index (κ3) is 2.26. The summed E-state index contributed by atoms with van der Waals surface area (Å²) in [7, 11) is 1.77. The molecule has 0 aliphatic carbocycles. The summed E-state index contributed by atoms with van der Waals surface area (Å²) in [6, 6.07) is 5.43. The van der Waals surface area contributed by atoms with Crippen molar-refractivity contribution in [1.29, 1.82) is 0 Å². The van der Waals surface area contributed by atoms with Crippen LogP contribution in [0.3, 0.4) is 0 Å². The second-order valence-electron chi connectivity index (χ2n) is 3.17. The van der Waals surface area contributed by atoms with E-state index in [1.54, 1.807) is 31.6 Å². The highest BCUT2D eigenvalue weighted by Crippen LogP contribution is 2.27. The molecule has 0 aliphatic heterocycles. The maximum absolute atomic E-state index is 5.94. The van der Waals surface area contributed by atoms with Crippen molar-refractivity contribution >= 4 is 29.2 Å². The van der Waals surface area contributed by atoms with Crippen molar-refractivity contribution < 1.29 is 0 Å². The smallest absolute Gasteiger partial charge is 0.222 e. The van der Waals surface area contributed by atoms with E-state index in [2.05, 4.69) is 15.3 Å². The molecule has 0 aliphatic rings. The van der Waals surface area contributed by atoms with Crippen LogP contribution in [0, 0.1) is 0 Å². The molecule has 16 heavy (non-hydrogen) atoms. The quantitative estimate of drug-likeness (QED) is 0.891. The van der Waals surface area contributed by atoms with E-state index in [9.17, 15) is 0 Å². The Bertz CT molecular complexity index is 497. The van der Waals surface area contributed by atoms with Crippen molar-refractivity contribution in [2.75, 3.05) is 12.4 Å². The van der Waals surface area contributed by atoms with Gasteiger partial charge in [0.05, 0.1) is 10.0 Å². The summed E-state index contributed by atoms with van der Waals surface area (Å²) < 4.78 is 0. The lowest BCUT2D eigenvalue weighted by atomic mass is 10.1.